The van der Waals surface area contributed by atoms with E-state index in [2.05, 4.69) is 34.0 Å². The highest BCUT2D eigenvalue weighted by Crippen LogP contribution is 2.18. The summed E-state index contributed by atoms with van der Waals surface area (Å²) in [5, 5.41) is 2.90. The van der Waals surface area contributed by atoms with Gasteiger partial charge in [0.25, 0.3) is 5.91 Å². The number of morpholine rings is 1. The minimum absolute atomic E-state index is 0.238. The second-order valence-electron chi connectivity index (χ2n) is 6.01. The number of nitrogens with one attached hydrogen (secondary N) is 1. The molecule has 2 aromatic rings. The number of rotatable bonds is 6. The number of anilines is 3. The molecule has 0 radical (unpaired) electrons. The van der Waals surface area contributed by atoms with E-state index in [1.165, 1.54) is 0 Å². The van der Waals surface area contributed by atoms with E-state index in [-0.39, 0.29) is 5.91 Å². The van der Waals surface area contributed by atoms with E-state index in [0.717, 1.165) is 37.6 Å². The van der Waals surface area contributed by atoms with E-state index in [4.69, 9.17) is 4.74 Å². The third-order valence-corrected chi connectivity index (χ3v) is 4.42. The van der Waals surface area contributed by atoms with Crippen LogP contribution in [0.15, 0.2) is 36.5 Å². The van der Waals surface area contributed by atoms with E-state index in [9.17, 15) is 4.79 Å². The van der Waals surface area contributed by atoms with Crippen molar-refractivity contribution in [2.45, 2.75) is 13.8 Å². The first-order valence-electron chi connectivity index (χ1n) is 9.03. The van der Waals surface area contributed by atoms with Gasteiger partial charge >= 0.3 is 0 Å². The van der Waals surface area contributed by atoms with Crippen molar-refractivity contribution in [1.29, 1.82) is 0 Å². The summed E-state index contributed by atoms with van der Waals surface area (Å²) in [5.41, 5.74) is 2.25. The number of hydrogen-bond donors (Lipinski definition) is 1. The number of amides is 1. The summed E-state index contributed by atoms with van der Waals surface area (Å²) >= 11 is 0. The van der Waals surface area contributed by atoms with Gasteiger partial charge in [0.2, 0.25) is 5.95 Å². The Bertz CT molecular complexity index is 725. The molecule has 7 heteroatoms. The Labute approximate surface area is 154 Å². The molecule has 1 aliphatic heterocycles. The van der Waals surface area contributed by atoms with E-state index in [0.29, 0.717) is 24.9 Å². The van der Waals surface area contributed by atoms with Gasteiger partial charge in [-0.3, -0.25) is 4.79 Å². The summed E-state index contributed by atoms with van der Waals surface area (Å²) in [7, 11) is 0. The molecule has 1 N–H and O–H groups in total. The zero-order valence-corrected chi connectivity index (χ0v) is 15.3. The third-order valence-electron chi connectivity index (χ3n) is 4.42. The Morgan fingerprint density at radius 3 is 2.50 bits per heavy atom. The summed E-state index contributed by atoms with van der Waals surface area (Å²) in [5.74, 6) is 0.329. The van der Waals surface area contributed by atoms with Gasteiger partial charge in [-0.25, -0.2) is 9.97 Å². The molecule has 26 heavy (non-hydrogen) atoms. The molecule has 0 atom stereocenters. The lowest BCUT2D eigenvalue weighted by Crippen LogP contribution is -2.37. The van der Waals surface area contributed by atoms with E-state index in [1.54, 1.807) is 12.3 Å². The molecule has 7 nitrogen and oxygen atoms in total. The predicted octanol–water partition coefficient (Wildman–Crippen LogP) is 2.41. The topological polar surface area (TPSA) is 70.6 Å². The fourth-order valence-corrected chi connectivity index (χ4v) is 2.93. The van der Waals surface area contributed by atoms with Gasteiger partial charge in [-0.1, -0.05) is 0 Å². The average Bonchev–Trinajstić information content (AvgIpc) is 2.71. The second kappa shape index (κ2) is 8.62. The normalized spacial score (nSPS) is 14.2. The monoisotopic (exact) mass is 355 g/mol. The van der Waals surface area contributed by atoms with Crippen LogP contribution >= 0.6 is 0 Å². The Morgan fingerprint density at radius 1 is 1.15 bits per heavy atom. The van der Waals surface area contributed by atoms with E-state index in [1.807, 2.05) is 29.2 Å². The molecule has 138 valence electrons. The number of hydrogen-bond acceptors (Lipinski definition) is 6. The van der Waals surface area contributed by atoms with Crippen molar-refractivity contribution in [3.63, 3.8) is 0 Å². The second-order valence-corrected chi connectivity index (χ2v) is 6.01. The number of carbonyl (C=O) groups is 1. The minimum atomic E-state index is -0.238. The van der Waals surface area contributed by atoms with Gasteiger partial charge in [0.05, 0.1) is 13.2 Å². The smallest absolute Gasteiger partial charge is 0.274 e. The van der Waals surface area contributed by atoms with Gasteiger partial charge in [0.1, 0.15) is 5.69 Å². The molecule has 0 bridgehead atoms. The van der Waals surface area contributed by atoms with E-state index >= 15 is 0 Å². The summed E-state index contributed by atoms with van der Waals surface area (Å²) in [4.78, 5) is 25.5. The average molecular weight is 355 g/mol. The van der Waals surface area contributed by atoms with Gasteiger partial charge in [-0.05, 0) is 44.2 Å². The molecule has 1 amide bonds. The van der Waals surface area contributed by atoms with Crippen molar-refractivity contribution >= 4 is 23.2 Å². The molecule has 0 saturated carbocycles. The van der Waals surface area contributed by atoms with Crippen molar-refractivity contribution < 1.29 is 9.53 Å². The van der Waals surface area contributed by atoms with Crippen LogP contribution < -0.4 is 15.1 Å². The standard InChI is InChI=1S/C19H25N5O2/c1-3-23(4-2)16-7-5-15(6-8-16)21-18(25)17-9-10-20-19(22-17)24-11-13-26-14-12-24/h5-10H,3-4,11-14H2,1-2H3,(H,21,25). The quantitative estimate of drug-likeness (QED) is 0.858. The number of nitrogens with zero attached hydrogens (tertiary/aromatic N) is 4. The van der Waals surface area contributed by atoms with Crippen LogP contribution in [0.25, 0.3) is 0 Å². The van der Waals surface area contributed by atoms with Crippen LogP contribution in [0.4, 0.5) is 17.3 Å². The maximum absolute atomic E-state index is 12.5. The van der Waals surface area contributed by atoms with Gasteiger partial charge in [-0.15, -0.1) is 0 Å². The van der Waals surface area contributed by atoms with Gasteiger partial charge in [0, 0.05) is 43.8 Å². The maximum Gasteiger partial charge on any atom is 0.274 e. The molecule has 1 fully saturated rings. The molecule has 1 saturated heterocycles. The fraction of sp³-hybridized carbons (Fsp3) is 0.421. The van der Waals surface area contributed by atoms with Crippen molar-refractivity contribution in [2.75, 3.05) is 54.5 Å². The lowest BCUT2D eigenvalue weighted by Gasteiger charge is -2.26. The Morgan fingerprint density at radius 2 is 1.85 bits per heavy atom. The molecule has 2 heterocycles. The van der Waals surface area contributed by atoms with Crippen LogP contribution in [0.1, 0.15) is 24.3 Å². The van der Waals surface area contributed by atoms with Crippen LogP contribution in [0.5, 0.6) is 0 Å². The summed E-state index contributed by atoms with van der Waals surface area (Å²) in [6, 6.07) is 9.48. The molecule has 0 aliphatic carbocycles. The molecule has 1 aromatic heterocycles. The van der Waals surface area contributed by atoms with Crippen molar-refractivity contribution in [3.8, 4) is 0 Å². The zero-order chi connectivity index (χ0) is 18.4. The van der Waals surface area contributed by atoms with Crippen molar-refractivity contribution in [3.05, 3.63) is 42.2 Å². The molecule has 0 spiro atoms. The molecule has 1 aliphatic rings. The Balaban J connectivity index is 1.68. The van der Waals surface area contributed by atoms with Gasteiger partial charge in [0.15, 0.2) is 0 Å². The molecular weight excluding hydrogens is 330 g/mol. The predicted molar refractivity (Wildman–Crippen MR) is 103 cm³/mol. The van der Waals surface area contributed by atoms with Crippen LogP contribution in [0.2, 0.25) is 0 Å². The number of carbonyl (C=O) groups excluding carboxylic acids is 1. The molecule has 0 unspecified atom stereocenters. The molecule has 1 aromatic carbocycles. The SMILES string of the molecule is CCN(CC)c1ccc(NC(=O)c2ccnc(N3CCOCC3)n2)cc1. The van der Waals surface area contributed by atoms with Gasteiger partial charge in [-0.2, -0.15) is 0 Å². The largest absolute Gasteiger partial charge is 0.378 e. The first-order valence-corrected chi connectivity index (χ1v) is 9.03. The lowest BCUT2D eigenvalue weighted by atomic mass is 10.2. The molecule has 3 rings (SSSR count). The fourth-order valence-electron chi connectivity index (χ4n) is 2.93. The zero-order valence-electron chi connectivity index (χ0n) is 15.3. The highest BCUT2D eigenvalue weighted by molar-refractivity contribution is 6.03. The maximum atomic E-state index is 12.5. The summed E-state index contributed by atoms with van der Waals surface area (Å²) < 4.78 is 5.34. The van der Waals surface area contributed by atoms with Crippen LogP contribution in [-0.4, -0.2) is 55.3 Å². The number of benzene rings is 1. The van der Waals surface area contributed by atoms with Crippen LogP contribution in [0, 0.1) is 0 Å². The minimum Gasteiger partial charge on any atom is -0.378 e. The highest BCUT2D eigenvalue weighted by atomic mass is 16.5. The van der Waals surface area contributed by atoms with Crippen LogP contribution in [0.3, 0.4) is 0 Å². The summed E-state index contributed by atoms with van der Waals surface area (Å²) in [6.45, 7) is 8.93. The van der Waals surface area contributed by atoms with Crippen molar-refractivity contribution in [2.24, 2.45) is 0 Å². The van der Waals surface area contributed by atoms with Crippen LogP contribution in [-0.2, 0) is 4.74 Å². The van der Waals surface area contributed by atoms with E-state index < -0.39 is 0 Å². The Hall–Kier alpha value is -2.67. The first kappa shape index (κ1) is 18.1. The third kappa shape index (κ3) is 4.29. The first-order chi connectivity index (χ1) is 12.7. The molecular formula is C19H25N5O2. The number of ether oxygens (including phenoxy) is 1. The van der Waals surface area contributed by atoms with Crippen molar-refractivity contribution in [1.82, 2.24) is 9.97 Å². The lowest BCUT2D eigenvalue weighted by molar-refractivity contribution is 0.102. The Kier molecular flexibility index (Phi) is 6.01. The number of aromatic nitrogens is 2. The highest BCUT2D eigenvalue weighted by Gasteiger charge is 2.16. The summed E-state index contributed by atoms with van der Waals surface area (Å²) in [6.07, 6.45) is 1.62. The van der Waals surface area contributed by atoms with Gasteiger partial charge < -0.3 is 19.9 Å².